The van der Waals surface area contributed by atoms with Gasteiger partial charge in [0, 0.05) is 10.0 Å². The van der Waals surface area contributed by atoms with Crippen molar-refractivity contribution >= 4 is 15.9 Å². The number of rotatable bonds is 4. The number of aryl methyl sites for hydroxylation is 1. The second-order valence-corrected chi connectivity index (χ2v) is 5.39. The van der Waals surface area contributed by atoms with Crippen molar-refractivity contribution in [2.75, 3.05) is 0 Å². The first-order valence-corrected chi connectivity index (χ1v) is 7.12. The summed E-state index contributed by atoms with van der Waals surface area (Å²) in [7, 11) is 0. The Kier molecular flexibility index (Phi) is 4.61. The quantitative estimate of drug-likeness (QED) is 0.859. The summed E-state index contributed by atoms with van der Waals surface area (Å²) in [6, 6.07) is 13.5. The third kappa shape index (κ3) is 3.37. The van der Waals surface area contributed by atoms with Crippen LogP contribution in [0.3, 0.4) is 0 Å². The maximum Gasteiger partial charge on any atom is 0.133 e. The Labute approximate surface area is 122 Å². The van der Waals surface area contributed by atoms with Gasteiger partial charge < -0.3 is 9.84 Å². The van der Waals surface area contributed by atoms with E-state index in [1.807, 2.05) is 56.3 Å². The van der Waals surface area contributed by atoms with Gasteiger partial charge in [0.2, 0.25) is 0 Å². The predicted molar refractivity (Wildman–Crippen MR) is 80.6 cm³/mol. The van der Waals surface area contributed by atoms with E-state index in [1.54, 1.807) is 0 Å². The number of para-hydroxylation sites is 1. The molecule has 0 heterocycles. The summed E-state index contributed by atoms with van der Waals surface area (Å²) in [5.41, 5.74) is 1.88. The molecule has 1 N–H and O–H groups in total. The molecule has 0 spiro atoms. The highest BCUT2D eigenvalue weighted by atomic mass is 79.9. The van der Waals surface area contributed by atoms with Crippen molar-refractivity contribution in [1.82, 2.24) is 0 Å². The molecule has 2 aromatic carbocycles. The lowest BCUT2D eigenvalue weighted by Gasteiger charge is -2.15. The number of ether oxygens (including phenoxy) is 1. The molecule has 1 atom stereocenters. The van der Waals surface area contributed by atoms with E-state index >= 15 is 0 Å². The van der Waals surface area contributed by atoms with Crippen LogP contribution in [0.2, 0.25) is 0 Å². The molecule has 0 radical (unpaired) electrons. The topological polar surface area (TPSA) is 29.5 Å². The van der Waals surface area contributed by atoms with Gasteiger partial charge in [-0.3, -0.25) is 0 Å². The molecule has 2 rings (SSSR count). The van der Waals surface area contributed by atoms with E-state index in [4.69, 9.17) is 4.74 Å². The fraction of sp³-hybridized carbons (Fsp3) is 0.250. The largest absolute Gasteiger partial charge is 0.457 e. The molecule has 0 aliphatic rings. The van der Waals surface area contributed by atoms with Crippen molar-refractivity contribution in [3.63, 3.8) is 0 Å². The van der Waals surface area contributed by atoms with Crippen LogP contribution in [-0.2, 0) is 0 Å². The van der Waals surface area contributed by atoms with Crippen molar-refractivity contribution in [3.05, 3.63) is 58.1 Å². The highest BCUT2D eigenvalue weighted by molar-refractivity contribution is 9.10. The Bertz CT molecular complexity index is 566. The van der Waals surface area contributed by atoms with E-state index in [0.29, 0.717) is 12.2 Å². The maximum atomic E-state index is 10.0. The minimum atomic E-state index is -0.494. The van der Waals surface area contributed by atoms with Crippen molar-refractivity contribution in [2.45, 2.75) is 26.4 Å². The summed E-state index contributed by atoms with van der Waals surface area (Å²) in [6.45, 7) is 3.95. The Hall–Kier alpha value is -1.32. The average Bonchev–Trinajstić information content (AvgIpc) is 2.41. The van der Waals surface area contributed by atoms with E-state index in [0.717, 1.165) is 21.3 Å². The molecule has 0 aromatic heterocycles. The van der Waals surface area contributed by atoms with Gasteiger partial charge in [-0.1, -0.05) is 41.1 Å². The van der Waals surface area contributed by atoms with E-state index in [2.05, 4.69) is 15.9 Å². The lowest BCUT2D eigenvalue weighted by Crippen LogP contribution is -1.99. The fourth-order valence-corrected chi connectivity index (χ4v) is 2.39. The first-order chi connectivity index (χ1) is 9.11. The highest BCUT2D eigenvalue weighted by Gasteiger charge is 2.12. The zero-order chi connectivity index (χ0) is 13.8. The molecule has 19 heavy (non-hydrogen) atoms. The van der Waals surface area contributed by atoms with Crippen molar-refractivity contribution < 1.29 is 9.84 Å². The summed E-state index contributed by atoms with van der Waals surface area (Å²) in [4.78, 5) is 0. The van der Waals surface area contributed by atoms with Crippen LogP contribution in [0.25, 0.3) is 0 Å². The van der Waals surface area contributed by atoms with E-state index in [1.165, 1.54) is 0 Å². The standard InChI is InChI=1S/C16H17BrO2/c1-3-14(18)13-6-4-5-7-16(13)19-15-9-8-12(17)10-11(15)2/h4-10,14,18H,3H2,1-2H3. The number of benzene rings is 2. The number of hydrogen-bond acceptors (Lipinski definition) is 2. The molecule has 0 aliphatic carbocycles. The number of aliphatic hydroxyl groups excluding tert-OH is 1. The van der Waals surface area contributed by atoms with Crippen LogP contribution in [0.15, 0.2) is 46.9 Å². The molecule has 2 aromatic rings. The van der Waals surface area contributed by atoms with Crippen LogP contribution < -0.4 is 4.74 Å². The van der Waals surface area contributed by atoms with Gasteiger partial charge in [0.25, 0.3) is 0 Å². The summed E-state index contributed by atoms with van der Waals surface area (Å²) in [6.07, 6.45) is 0.173. The van der Waals surface area contributed by atoms with Gasteiger partial charge in [0.15, 0.2) is 0 Å². The molecule has 2 nitrogen and oxygen atoms in total. The fourth-order valence-electron chi connectivity index (χ4n) is 1.91. The van der Waals surface area contributed by atoms with Crippen LogP contribution in [0.1, 0.15) is 30.6 Å². The normalized spacial score (nSPS) is 12.2. The van der Waals surface area contributed by atoms with Crippen LogP contribution in [0.5, 0.6) is 11.5 Å². The minimum absolute atomic E-state index is 0.494. The molecular weight excluding hydrogens is 304 g/mol. The molecule has 0 saturated heterocycles. The summed E-state index contributed by atoms with van der Waals surface area (Å²) >= 11 is 3.44. The molecule has 0 bridgehead atoms. The van der Waals surface area contributed by atoms with Gasteiger partial charge in [0.1, 0.15) is 11.5 Å². The van der Waals surface area contributed by atoms with Gasteiger partial charge in [0.05, 0.1) is 6.10 Å². The molecule has 100 valence electrons. The predicted octanol–water partition coefficient (Wildman–Crippen LogP) is 4.99. The van der Waals surface area contributed by atoms with E-state index in [9.17, 15) is 5.11 Å². The number of hydrogen-bond donors (Lipinski definition) is 1. The second-order valence-electron chi connectivity index (χ2n) is 4.47. The Morgan fingerprint density at radius 3 is 2.58 bits per heavy atom. The number of halogens is 1. The third-order valence-electron chi connectivity index (χ3n) is 3.02. The van der Waals surface area contributed by atoms with Gasteiger partial charge in [-0.25, -0.2) is 0 Å². The SMILES string of the molecule is CCC(O)c1ccccc1Oc1ccc(Br)cc1C. The molecule has 0 fully saturated rings. The van der Waals surface area contributed by atoms with Crippen LogP contribution in [0.4, 0.5) is 0 Å². The zero-order valence-electron chi connectivity index (χ0n) is 11.1. The molecule has 0 amide bonds. The Morgan fingerprint density at radius 2 is 1.89 bits per heavy atom. The van der Waals surface area contributed by atoms with E-state index < -0.39 is 6.10 Å². The smallest absolute Gasteiger partial charge is 0.133 e. The lowest BCUT2D eigenvalue weighted by molar-refractivity contribution is 0.170. The van der Waals surface area contributed by atoms with Gasteiger partial charge in [-0.05, 0) is 43.2 Å². The third-order valence-corrected chi connectivity index (χ3v) is 3.51. The lowest BCUT2D eigenvalue weighted by atomic mass is 10.1. The molecular formula is C16H17BrO2. The van der Waals surface area contributed by atoms with Crippen LogP contribution >= 0.6 is 15.9 Å². The van der Waals surface area contributed by atoms with Crippen LogP contribution in [-0.4, -0.2) is 5.11 Å². The molecule has 0 saturated carbocycles. The Balaban J connectivity index is 2.33. The Morgan fingerprint density at radius 1 is 1.16 bits per heavy atom. The average molecular weight is 321 g/mol. The van der Waals surface area contributed by atoms with Crippen molar-refractivity contribution in [2.24, 2.45) is 0 Å². The van der Waals surface area contributed by atoms with E-state index in [-0.39, 0.29) is 0 Å². The number of aliphatic hydroxyl groups is 1. The molecule has 1 unspecified atom stereocenters. The van der Waals surface area contributed by atoms with Crippen LogP contribution in [0, 0.1) is 6.92 Å². The van der Waals surface area contributed by atoms with Gasteiger partial charge >= 0.3 is 0 Å². The summed E-state index contributed by atoms with van der Waals surface area (Å²) < 4.78 is 6.96. The zero-order valence-corrected chi connectivity index (χ0v) is 12.6. The molecule has 3 heteroatoms. The minimum Gasteiger partial charge on any atom is -0.457 e. The second kappa shape index (κ2) is 6.22. The summed E-state index contributed by atoms with van der Waals surface area (Å²) in [5.74, 6) is 1.52. The first kappa shape index (κ1) is 14.1. The van der Waals surface area contributed by atoms with Gasteiger partial charge in [-0.15, -0.1) is 0 Å². The first-order valence-electron chi connectivity index (χ1n) is 6.32. The van der Waals surface area contributed by atoms with Gasteiger partial charge in [-0.2, -0.15) is 0 Å². The van der Waals surface area contributed by atoms with Crippen molar-refractivity contribution in [1.29, 1.82) is 0 Å². The monoisotopic (exact) mass is 320 g/mol. The highest BCUT2D eigenvalue weighted by Crippen LogP contribution is 2.33. The molecule has 0 aliphatic heterocycles. The maximum absolute atomic E-state index is 10.0. The van der Waals surface area contributed by atoms with Crippen molar-refractivity contribution in [3.8, 4) is 11.5 Å². The summed E-state index contributed by atoms with van der Waals surface area (Å²) in [5, 5.41) is 10.0.